The first-order valence-corrected chi connectivity index (χ1v) is 9.22. The van der Waals surface area contributed by atoms with Crippen LogP contribution in [0, 0.1) is 0 Å². The number of nitrogens with zero attached hydrogens (tertiary/aromatic N) is 4. The summed E-state index contributed by atoms with van der Waals surface area (Å²) in [6, 6.07) is 8.51. The van der Waals surface area contributed by atoms with Gasteiger partial charge >= 0.3 is 0 Å². The summed E-state index contributed by atoms with van der Waals surface area (Å²) >= 11 is 0. The highest BCUT2D eigenvalue weighted by Gasteiger charge is 2.29. The Morgan fingerprint density at radius 3 is 2.76 bits per heavy atom. The number of fused-ring (bicyclic) bond motifs is 1. The van der Waals surface area contributed by atoms with Crippen LogP contribution in [0.25, 0.3) is 0 Å². The first-order valence-electron chi connectivity index (χ1n) is 9.22. The molecule has 2 aliphatic heterocycles. The average Bonchev–Trinajstić information content (AvgIpc) is 3.17. The second kappa shape index (κ2) is 7.00. The molecule has 0 unspecified atom stereocenters. The van der Waals surface area contributed by atoms with E-state index in [9.17, 15) is 0 Å². The number of methoxy groups -OCH3 is 1. The predicted molar refractivity (Wildman–Crippen MR) is 99.3 cm³/mol. The second-order valence-corrected chi connectivity index (χ2v) is 6.95. The van der Waals surface area contributed by atoms with Gasteiger partial charge in [-0.05, 0) is 30.7 Å². The van der Waals surface area contributed by atoms with Gasteiger partial charge < -0.3 is 9.64 Å². The molecule has 4 rings (SSSR count). The molecule has 25 heavy (non-hydrogen) atoms. The summed E-state index contributed by atoms with van der Waals surface area (Å²) in [5.41, 5.74) is 3.97. The summed E-state index contributed by atoms with van der Waals surface area (Å²) in [6.45, 7) is 7.49. The number of rotatable bonds is 4. The molecule has 5 heteroatoms. The molecule has 0 amide bonds. The molecule has 0 radical (unpaired) electrons. The average molecular weight is 338 g/mol. The molecular weight excluding hydrogens is 312 g/mol. The maximum Gasteiger partial charge on any atom is 0.136 e. The highest BCUT2D eigenvalue weighted by molar-refractivity contribution is 5.51. The summed E-state index contributed by atoms with van der Waals surface area (Å²) in [4.78, 5) is 14.1. The molecule has 2 aromatic rings. The van der Waals surface area contributed by atoms with E-state index in [2.05, 4.69) is 51.0 Å². The van der Waals surface area contributed by atoms with Crippen LogP contribution in [0.2, 0.25) is 0 Å². The molecule has 1 saturated heterocycles. The molecule has 5 nitrogen and oxygen atoms in total. The van der Waals surface area contributed by atoms with Gasteiger partial charge in [0.15, 0.2) is 0 Å². The molecule has 0 spiro atoms. The number of hydrogen-bond acceptors (Lipinski definition) is 5. The maximum absolute atomic E-state index is 5.27. The zero-order valence-corrected chi connectivity index (χ0v) is 15.1. The fourth-order valence-electron chi connectivity index (χ4n) is 4.03. The van der Waals surface area contributed by atoms with E-state index in [-0.39, 0.29) is 0 Å². The molecule has 3 heterocycles. The van der Waals surface area contributed by atoms with Crippen molar-refractivity contribution in [3.63, 3.8) is 0 Å². The van der Waals surface area contributed by atoms with E-state index in [0.29, 0.717) is 5.92 Å². The number of hydrogen-bond donors (Lipinski definition) is 0. The van der Waals surface area contributed by atoms with E-state index in [1.54, 1.807) is 13.4 Å². The van der Waals surface area contributed by atoms with Crippen LogP contribution in [0.3, 0.4) is 0 Å². The van der Waals surface area contributed by atoms with Crippen molar-refractivity contribution < 1.29 is 4.74 Å². The Hall–Kier alpha value is -2.14. The number of likely N-dealkylation sites (N-methyl/N-ethyl adjacent to an activating group) is 1. The van der Waals surface area contributed by atoms with Crippen LogP contribution in [0.15, 0.2) is 30.6 Å². The Bertz CT molecular complexity index is 731. The molecular formula is C20H26N4O. The third-order valence-electron chi connectivity index (χ3n) is 5.58. The van der Waals surface area contributed by atoms with E-state index in [4.69, 9.17) is 4.74 Å². The van der Waals surface area contributed by atoms with Gasteiger partial charge in [0.1, 0.15) is 17.9 Å². The van der Waals surface area contributed by atoms with Gasteiger partial charge in [-0.2, -0.15) is 0 Å². The van der Waals surface area contributed by atoms with Gasteiger partial charge in [0, 0.05) is 44.1 Å². The van der Waals surface area contributed by atoms with Gasteiger partial charge in [-0.3, -0.25) is 4.90 Å². The molecule has 0 bridgehead atoms. The highest BCUT2D eigenvalue weighted by atomic mass is 16.5. The predicted octanol–water partition coefficient (Wildman–Crippen LogP) is 2.86. The van der Waals surface area contributed by atoms with Gasteiger partial charge in [-0.1, -0.05) is 19.1 Å². The van der Waals surface area contributed by atoms with Gasteiger partial charge in [-0.25, -0.2) is 9.97 Å². The van der Waals surface area contributed by atoms with E-state index in [1.165, 1.54) is 23.2 Å². The summed E-state index contributed by atoms with van der Waals surface area (Å²) in [6.07, 6.45) is 3.95. The van der Waals surface area contributed by atoms with E-state index in [0.717, 1.165) is 50.7 Å². The Labute approximate surface area is 149 Å². The molecule has 0 N–H and O–H groups in total. The molecule has 0 saturated carbocycles. The largest absolute Gasteiger partial charge is 0.497 e. The van der Waals surface area contributed by atoms with Gasteiger partial charge in [0.05, 0.1) is 12.8 Å². The standard InChI is InChI=1S/C20H26N4O/c1-3-23-10-9-19-18(13-23)20(22-14-21-19)24-11-8-16(12-24)15-4-6-17(25-2)7-5-15/h4-7,14,16H,3,8-13H2,1-2H3/t16-/m1/s1. The number of ether oxygens (including phenoxy) is 1. The van der Waals surface area contributed by atoms with Crippen molar-refractivity contribution in [3.8, 4) is 5.75 Å². The summed E-state index contributed by atoms with van der Waals surface area (Å²) in [7, 11) is 1.71. The number of aromatic nitrogens is 2. The molecule has 0 aliphatic carbocycles. The molecule has 1 aromatic carbocycles. The van der Waals surface area contributed by atoms with Gasteiger partial charge in [-0.15, -0.1) is 0 Å². The van der Waals surface area contributed by atoms with Crippen LogP contribution in [0.1, 0.15) is 36.1 Å². The lowest BCUT2D eigenvalue weighted by molar-refractivity contribution is 0.265. The molecule has 1 aromatic heterocycles. The van der Waals surface area contributed by atoms with Gasteiger partial charge in [0.25, 0.3) is 0 Å². The van der Waals surface area contributed by atoms with Crippen LogP contribution in [-0.4, -0.2) is 48.2 Å². The minimum Gasteiger partial charge on any atom is -0.497 e. The molecule has 1 atom stereocenters. The summed E-state index contributed by atoms with van der Waals surface area (Å²) < 4.78 is 5.27. The fraction of sp³-hybridized carbons (Fsp3) is 0.500. The van der Waals surface area contributed by atoms with Crippen molar-refractivity contribution in [2.45, 2.75) is 32.2 Å². The smallest absolute Gasteiger partial charge is 0.136 e. The number of anilines is 1. The van der Waals surface area contributed by atoms with Crippen molar-refractivity contribution in [2.75, 3.05) is 38.2 Å². The van der Waals surface area contributed by atoms with Crippen LogP contribution in [-0.2, 0) is 13.0 Å². The van der Waals surface area contributed by atoms with Crippen molar-refractivity contribution in [1.82, 2.24) is 14.9 Å². The van der Waals surface area contributed by atoms with Crippen LogP contribution >= 0.6 is 0 Å². The third-order valence-corrected chi connectivity index (χ3v) is 5.58. The Morgan fingerprint density at radius 1 is 1.16 bits per heavy atom. The first kappa shape index (κ1) is 16.3. The van der Waals surface area contributed by atoms with Crippen LogP contribution in [0.4, 0.5) is 5.82 Å². The minimum atomic E-state index is 0.558. The lowest BCUT2D eigenvalue weighted by atomic mass is 9.98. The second-order valence-electron chi connectivity index (χ2n) is 6.95. The van der Waals surface area contributed by atoms with Crippen molar-refractivity contribution in [2.24, 2.45) is 0 Å². The Balaban J connectivity index is 1.54. The zero-order chi connectivity index (χ0) is 17.2. The number of benzene rings is 1. The van der Waals surface area contributed by atoms with Crippen LogP contribution < -0.4 is 9.64 Å². The summed E-state index contributed by atoms with van der Waals surface area (Å²) in [5, 5.41) is 0. The SMILES string of the molecule is CCN1CCc2ncnc(N3CC[C@@H](c4ccc(OC)cc4)C3)c2C1. The monoisotopic (exact) mass is 338 g/mol. The normalized spacial score (nSPS) is 20.6. The van der Waals surface area contributed by atoms with Crippen molar-refractivity contribution >= 4 is 5.82 Å². The Kier molecular flexibility index (Phi) is 4.57. The quantitative estimate of drug-likeness (QED) is 0.857. The van der Waals surface area contributed by atoms with Gasteiger partial charge in [0.2, 0.25) is 0 Å². The molecule has 2 aliphatic rings. The topological polar surface area (TPSA) is 41.5 Å². The molecule has 1 fully saturated rings. The van der Waals surface area contributed by atoms with E-state index in [1.807, 2.05) is 0 Å². The Morgan fingerprint density at radius 2 is 2.00 bits per heavy atom. The lowest BCUT2D eigenvalue weighted by Gasteiger charge is -2.30. The third kappa shape index (κ3) is 3.21. The van der Waals surface area contributed by atoms with Crippen molar-refractivity contribution in [3.05, 3.63) is 47.4 Å². The molecule has 132 valence electrons. The highest BCUT2D eigenvalue weighted by Crippen LogP contribution is 2.34. The van der Waals surface area contributed by atoms with E-state index >= 15 is 0 Å². The minimum absolute atomic E-state index is 0.558. The van der Waals surface area contributed by atoms with Crippen molar-refractivity contribution in [1.29, 1.82) is 0 Å². The summed E-state index contributed by atoms with van der Waals surface area (Å²) in [5.74, 6) is 2.63. The first-order chi connectivity index (χ1) is 12.3. The van der Waals surface area contributed by atoms with Crippen LogP contribution in [0.5, 0.6) is 5.75 Å². The van der Waals surface area contributed by atoms with E-state index < -0.39 is 0 Å². The maximum atomic E-state index is 5.27. The fourth-order valence-corrected chi connectivity index (χ4v) is 4.03. The zero-order valence-electron chi connectivity index (χ0n) is 15.1. The lowest BCUT2D eigenvalue weighted by Crippen LogP contribution is -2.33.